The predicted molar refractivity (Wildman–Crippen MR) is 66.0 cm³/mol. The Morgan fingerprint density at radius 1 is 1.57 bits per heavy atom. The Bertz CT molecular complexity index is 192. The quantitative estimate of drug-likeness (QED) is 0.778. The summed E-state index contributed by atoms with van der Waals surface area (Å²) in [5, 5.41) is 4.71. The summed E-state index contributed by atoms with van der Waals surface area (Å²) in [7, 11) is 0. The van der Waals surface area contributed by atoms with Crippen LogP contribution in [-0.2, 0) is 0 Å². The Kier molecular flexibility index (Phi) is 5.38. The van der Waals surface area contributed by atoms with Crippen molar-refractivity contribution < 1.29 is 0 Å². The predicted octanol–water partition coefficient (Wildman–Crippen LogP) is 2.89. The molecule has 14 heavy (non-hydrogen) atoms. The van der Waals surface area contributed by atoms with Gasteiger partial charge < -0.3 is 5.32 Å². The van der Waals surface area contributed by atoms with E-state index in [9.17, 15) is 0 Å². The van der Waals surface area contributed by atoms with Gasteiger partial charge in [-0.15, -0.1) is 0 Å². The number of hydrogen-bond donors (Lipinski definition) is 1. The lowest BCUT2D eigenvalue weighted by molar-refractivity contribution is 0.536. The van der Waals surface area contributed by atoms with Crippen LogP contribution in [0.15, 0.2) is 4.99 Å². The van der Waals surface area contributed by atoms with Crippen LogP contribution >= 0.6 is 11.8 Å². The standard InChI is InChI=1S/C11H22N2S/c1-4-6-10(5-2)13-11-12-7-9(3)8-14-11/h9-10H,4-8H2,1-3H3,(H,12,13). The third-order valence-corrected chi connectivity index (χ3v) is 3.76. The Morgan fingerprint density at radius 3 is 2.86 bits per heavy atom. The van der Waals surface area contributed by atoms with E-state index in [1.165, 1.54) is 30.2 Å². The third kappa shape index (κ3) is 3.91. The second kappa shape index (κ2) is 6.33. The molecule has 0 amide bonds. The molecule has 2 unspecified atom stereocenters. The highest BCUT2D eigenvalue weighted by Crippen LogP contribution is 2.16. The Hall–Kier alpha value is -0.180. The molecule has 1 heterocycles. The monoisotopic (exact) mass is 214 g/mol. The van der Waals surface area contributed by atoms with E-state index in [2.05, 4.69) is 31.1 Å². The summed E-state index contributed by atoms with van der Waals surface area (Å²) in [6, 6.07) is 0.625. The molecule has 1 N–H and O–H groups in total. The number of nitrogens with one attached hydrogen (secondary N) is 1. The molecule has 1 aliphatic heterocycles. The summed E-state index contributed by atoms with van der Waals surface area (Å²) >= 11 is 1.88. The fourth-order valence-electron chi connectivity index (χ4n) is 1.55. The van der Waals surface area contributed by atoms with E-state index in [1.54, 1.807) is 0 Å². The van der Waals surface area contributed by atoms with E-state index in [-0.39, 0.29) is 0 Å². The zero-order chi connectivity index (χ0) is 10.4. The van der Waals surface area contributed by atoms with Crippen molar-refractivity contribution in [3.63, 3.8) is 0 Å². The molecular formula is C11H22N2S. The zero-order valence-electron chi connectivity index (χ0n) is 9.55. The van der Waals surface area contributed by atoms with Crippen molar-refractivity contribution in [1.82, 2.24) is 5.32 Å². The molecule has 0 aromatic rings. The number of hydrogen-bond acceptors (Lipinski definition) is 3. The molecule has 0 bridgehead atoms. The number of rotatable bonds is 4. The van der Waals surface area contributed by atoms with Gasteiger partial charge in [0.2, 0.25) is 0 Å². The van der Waals surface area contributed by atoms with Crippen molar-refractivity contribution in [2.24, 2.45) is 10.9 Å². The minimum Gasteiger partial charge on any atom is -0.362 e. The lowest BCUT2D eigenvalue weighted by Crippen LogP contribution is -2.35. The second-order valence-corrected chi connectivity index (χ2v) is 5.11. The fourth-order valence-corrected chi connectivity index (χ4v) is 2.51. The molecular weight excluding hydrogens is 192 g/mol. The largest absolute Gasteiger partial charge is 0.362 e. The van der Waals surface area contributed by atoms with E-state index in [0.29, 0.717) is 6.04 Å². The van der Waals surface area contributed by atoms with Gasteiger partial charge in [0.25, 0.3) is 0 Å². The van der Waals surface area contributed by atoms with E-state index in [4.69, 9.17) is 0 Å². The first-order valence-electron chi connectivity index (χ1n) is 5.70. The van der Waals surface area contributed by atoms with Crippen LogP contribution in [0.3, 0.4) is 0 Å². The minimum absolute atomic E-state index is 0.625. The summed E-state index contributed by atoms with van der Waals surface area (Å²) in [5.74, 6) is 1.96. The summed E-state index contributed by atoms with van der Waals surface area (Å²) in [5.41, 5.74) is 0. The van der Waals surface area contributed by atoms with Gasteiger partial charge >= 0.3 is 0 Å². The SMILES string of the molecule is CCCC(CC)NC1=NCC(C)CS1. The fraction of sp³-hybridized carbons (Fsp3) is 0.909. The molecule has 0 saturated heterocycles. The minimum atomic E-state index is 0.625. The molecule has 2 nitrogen and oxygen atoms in total. The van der Waals surface area contributed by atoms with Gasteiger partial charge in [0.15, 0.2) is 5.17 Å². The van der Waals surface area contributed by atoms with Crippen molar-refractivity contribution in [3.8, 4) is 0 Å². The first-order chi connectivity index (χ1) is 6.76. The van der Waals surface area contributed by atoms with Gasteiger partial charge in [0.05, 0.1) is 0 Å². The zero-order valence-corrected chi connectivity index (χ0v) is 10.4. The van der Waals surface area contributed by atoms with Crippen molar-refractivity contribution in [2.45, 2.75) is 46.1 Å². The Labute approximate surface area is 92.0 Å². The molecule has 2 atom stereocenters. The molecule has 0 fully saturated rings. The average Bonchev–Trinajstić information content (AvgIpc) is 2.20. The van der Waals surface area contributed by atoms with Crippen LogP contribution < -0.4 is 5.32 Å². The number of amidine groups is 1. The summed E-state index contributed by atoms with van der Waals surface area (Å²) < 4.78 is 0. The highest BCUT2D eigenvalue weighted by atomic mass is 32.2. The Balaban J connectivity index is 2.34. The Morgan fingerprint density at radius 2 is 2.36 bits per heavy atom. The van der Waals surface area contributed by atoms with Crippen molar-refractivity contribution >= 4 is 16.9 Å². The molecule has 82 valence electrons. The van der Waals surface area contributed by atoms with Gasteiger partial charge in [-0.05, 0) is 18.8 Å². The molecule has 3 heteroatoms. The summed E-state index contributed by atoms with van der Waals surface area (Å²) in [4.78, 5) is 4.55. The number of nitrogens with zero attached hydrogens (tertiary/aromatic N) is 1. The van der Waals surface area contributed by atoms with Crippen LogP contribution in [0, 0.1) is 5.92 Å². The maximum Gasteiger partial charge on any atom is 0.156 e. The van der Waals surface area contributed by atoms with Crippen LogP contribution in [-0.4, -0.2) is 23.5 Å². The van der Waals surface area contributed by atoms with E-state index < -0.39 is 0 Å². The maximum atomic E-state index is 4.55. The second-order valence-electron chi connectivity index (χ2n) is 4.10. The first-order valence-corrected chi connectivity index (χ1v) is 6.68. The van der Waals surface area contributed by atoms with Crippen LogP contribution in [0.5, 0.6) is 0 Å². The van der Waals surface area contributed by atoms with Gasteiger partial charge in [0, 0.05) is 18.3 Å². The molecule has 1 aliphatic rings. The van der Waals surface area contributed by atoms with Gasteiger partial charge in [-0.2, -0.15) is 0 Å². The number of aliphatic imine (C=N–C) groups is 1. The summed E-state index contributed by atoms with van der Waals surface area (Å²) in [6.07, 6.45) is 3.70. The van der Waals surface area contributed by atoms with Crippen molar-refractivity contribution in [3.05, 3.63) is 0 Å². The lowest BCUT2D eigenvalue weighted by Gasteiger charge is -2.22. The molecule has 0 aromatic carbocycles. The van der Waals surface area contributed by atoms with Gasteiger partial charge in [-0.25, -0.2) is 0 Å². The highest BCUT2D eigenvalue weighted by molar-refractivity contribution is 8.13. The van der Waals surface area contributed by atoms with Crippen molar-refractivity contribution in [1.29, 1.82) is 0 Å². The molecule has 1 rings (SSSR count). The van der Waals surface area contributed by atoms with Gasteiger partial charge in [-0.3, -0.25) is 4.99 Å². The highest BCUT2D eigenvalue weighted by Gasteiger charge is 2.14. The molecule has 0 saturated carbocycles. The van der Waals surface area contributed by atoms with E-state index in [0.717, 1.165) is 12.5 Å². The van der Waals surface area contributed by atoms with Crippen LogP contribution in [0.2, 0.25) is 0 Å². The van der Waals surface area contributed by atoms with Crippen molar-refractivity contribution in [2.75, 3.05) is 12.3 Å². The smallest absolute Gasteiger partial charge is 0.156 e. The summed E-state index contributed by atoms with van der Waals surface area (Å²) in [6.45, 7) is 7.74. The lowest BCUT2D eigenvalue weighted by atomic mass is 10.1. The maximum absolute atomic E-state index is 4.55. The van der Waals surface area contributed by atoms with E-state index in [1.807, 2.05) is 11.8 Å². The van der Waals surface area contributed by atoms with E-state index >= 15 is 0 Å². The third-order valence-electron chi connectivity index (χ3n) is 2.51. The normalized spacial score (nSPS) is 24.2. The number of thioether (sulfide) groups is 1. The van der Waals surface area contributed by atoms with Gasteiger partial charge in [-0.1, -0.05) is 39.0 Å². The molecule has 0 spiro atoms. The molecule has 0 aliphatic carbocycles. The van der Waals surface area contributed by atoms with Crippen LogP contribution in [0.1, 0.15) is 40.0 Å². The average molecular weight is 214 g/mol. The molecule has 0 radical (unpaired) electrons. The van der Waals surface area contributed by atoms with Crippen LogP contribution in [0.25, 0.3) is 0 Å². The molecule has 0 aromatic heterocycles. The van der Waals surface area contributed by atoms with Gasteiger partial charge in [0.1, 0.15) is 0 Å². The topological polar surface area (TPSA) is 24.4 Å². The first kappa shape index (κ1) is 11.9. The van der Waals surface area contributed by atoms with Crippen LogP contribution in [0.4, 0.5) is 0 Å².